The molecule has 0 spiro atoms. The molecule has 39 heavy (non-hydrogen) atoms. The SMILES string of the molecule is CCCC(C)C(=O)Oc1ccc(C[C@](N)(CCOC(=O)C(C)C(C)C)C(=O)OC)cc1OC(=O)C(C)CCC. The average Bonchev–Trinajstić information content (AvgIpc) is 2.88. The van der Waals surface area contributed by atoms with Crippen molar-refractivity contribution in [3.05, 3.63) is 23.8 Å². The molecule has 0 aliphatic rings. The van der Waals surface area contributed by atoms with Crippen molar-refractivity contribution in [2.45, 2.75) is 92.5 Å². The van der Waals surface area contributed by atoms with E-state index in [1.54, 1.807) is 32.9 Å². The second kappa shape index (κ2) is 16.2. The first kappa shape index (κ1) is 34.1. The Hall–Kier alpha value is -2.94. The topological polar surface area (TPSA) is 131 Å². The van der Waals surface area contributed by atoms with Crippen LogP contribution in [0.5, 0.6) is 11.5 Å². The zero-order valence-corrected chi connectivity index (χ0v) is 24.8. The predicted molar refractivity (Wildman–Crippen MR) is 148 cm³/mol. The Bertz CT molecular complexity index is 976. The van der Waals surface area contributed by atoms with Crippen molar-refractivity contribution in [1.29, 1.82) is 0 Å². The molecule has 0 amide bonds. The van der Waals surface area contributed by atoms with Crippen LogP contribution in [0.25, 0.3) is 0 Å². The minimum atomic E-state index is -1.51. The number of esters is 4. The second-order valence-corrected chi connectivity index (χ2v) is 10.8. The second-order valence-electron chi connectivity index (χ2n) is 10.8. The quantitative estimate of drug-likeness (QED) is 0.223. The van der Waals surface area contributed by atoms with Crippen molar-refractivity contribution in [3.8, 4) is 11.5 Å². The molecule has 220 valence electrons. The molecule has 0 aliphatic carbocycles. The Morgan fingerprint density at radius 2 is 1.38 bits per heavy atom. The Morgan fingerprint density at radius 3 is 1.87 bits per heavy atom. The normalized spacial score (nSPS) is 15.0. The van der Waals surface area contributed by atoms with E-state index in [1.165, 1.54) is 13.2 Å². The monoisotopic (exact) mass is 549 g/mol. The van der Waals surface area contributed by atoms with Gasteiger partial charge in [0.1, 0.15) is 5.54 Å². The molecule has 0 heterocycles. The van der Waals surface area contributed by atoms with E-state index >= 15 is 0 Å². The first-order chi connectivity index (χ1) is 18.3. The highest BCUT2D eigenvalue weighted by Crippen LogP contribution is 2.32. The molecule has 0 saturated heterocycles. The highest BCUT2D eigenvalue weighted by atomic mass is 16.6. The molecule has 9 nitrogen and oxygen atoms in total. The van der Waals surface area contributed by atoms with Crippen LogP contribution in [0.4, 0.5) is 0 Å². The van der Waals surface area contributed by atoms with E-state index in [9.17, 15) is 19.2 Å². The van der Waals surface area contributed by atoms with Gasteiger partial charge in [0.25, 0.3) is 0 Å². The van der Waals surface area contributed by atoms with E-state index in [4.69, 9.17) is 24.7 Å². The van der Waals surface area contributed by atoms with Crippen LogP contribution in [0.15, 0.2) is 18.2 Å². The molecule has 1 rings (SSSR count). The number of nitrogens with two attached hydrogens (primary N) is 1. The van der Waals surface area contributed by atoms with Gasteiger partial charge in [-0.3, -0.25) is 19.2 Å². The third-order valence-electron chi connectivity index (χ3n) is 6.95. The van der Waals surface area contributed by atoms with Gasteiger partial charge in [0, 0.05) is 12.8 Å². The summed E-state index contributed by atoms with van der Waals surface area (Å²) in [6, 6.07) is 4.72. The van der Waals surface area contributed by atoms with Crippen LogP contribution in [0.1, 0.15) is 86.1 Å². The van der Waals surface area contributed by atoms with Crippen molar-refractivity contribution >= 4 is 23.9 Å². The van der Waals surface area contributed by atoms with Crippen LogP contribution in [0, 0.1) is 23.7 Å². The fourth-order valence-electron chi connectivity index (χ4n) is 3.91. The van der Waals surface area contributed by atoms with Crippen LogP contribution in [-0.4, -0.2) is 43.1 Å². The first-order valence-corrected chi connectivity index (χ1v) is 13.9. The van der Waals surface area contributed by atoms with Crippen molar-refractivity contribution in [2.24, 2.45) is 29.4 Å². The molecule has 0 radical (unpaired) electrons. The first-order valence-electron chi connectivity index (χ1n) is 13.9. The molecular formula is C30H47NO8. The van der Waals surface area contributed by atoms with E-state index in [-0.39, 0.29) is 60.6 Å². The van der Waals surface area contributed by atoms with Gasteiger partial charge in [-0.2, -0.15) is 0 Å². The van der Waals surface area contributed by atoms with Crippen molar-refractivity contribution in [2.75, 3.05) is 13.7 Å². The van der Waals surface area contributed by atoms with Gasteiger partial charge in [0.05, 0.1) is 31.5 Å². The highest BCUT2D eigenvalue weighted by Gasteiger charge is 2.36. The summed E-state index contributed by atoms with van der Waals surface area (Å²) in [5.74, 6) is -2.59. The Balaban J connectivity index is 3.24. The maximum absolute atomic E-state index is 12.7. The van der Waals surface area contributed by atoms with Crippen LogP contribution >= 0.6 is 0 Å². The number of hydrogen-bond acceptors (Lipinski definition) is 9. The number of benzene rings is 1. The molecule has 1 aromatic rings. The lowest BCUT2D eigenvalue weighted by Crippen LogP contribution is -2.51. The number of rotatable bonds is 16. The molecule has 0 fully saturated rings. The molecule has 9 heteroatoms. The molecule has 0 saturated carbocycles. The fraction of sp³-hybridized carbons (Fsp3) is 0.667. The lowest BCUT2D eigenvalue weighted by atomic mass is 9.88. The Labute approximate surface area is 233 Å². The van der Waals surface area contributed by atoms with Gasteiger partial charge >= 0.3 is 23.9 Å². The number of hydrogen-bond donors (Lipinski definition) is 1. The van der Waals surface area contributed by atoms with Crippen molar-refractivity contribution in [3.63, 3.8) is 0 Å². The molecule has 1 aromatic carbocycles. The molecule has 0 aliphatic heterocycles. The third kappa shape index (κ3) is 10.6. The van der Waals surface area contributed by atoms with Gasteiger partial charge < -0.3 is 24.7 Å². The summed E-state index contributed by atoms with van der Waals surface area (Å²) in [5.41, 5.74) is 5.52. The average molecular weight is 550 g/mol. The van der Waals surface area contributed by atoms with Gasteiger partial charge in [-0.25, -0.2) is 0 Å². The van der Waals surface area contributed by atoms with Crippen molar-refractivity contribution in [1.82, 2.24) is 0 Å². The van der Waals surface area contributed by atoms with E-state index in [1.807, 2.05) is 27.7 Å². The highest BCUT2D eigenvalue weighted by molar-refractivity contribution is 5.81. The van der Waals surface area contributed by atoms with Crippen molar-refractivity contribution < 1.29 is 38.1 Å². The third-order valence-corrected chi connectivity index (χ3v) is 6.95. The van der Waals surface area contributed by atoms with E-state index in [0.29, 0.717) is 18.4 Å². The minimum absolute atomic E-state index is 0.00643. The molecule has 0 bridgehead atoms. The zero-order valence-electron chi connectivity index (χ0n) is 24.8. The number of carbonyl (C=O) groups excluding carboxylic acids is 4. The number of carbonyl (C=O) groups is 4. The van der Waals surface area contributed by atoms with Gasteiger partial charge in [-0.05, 0) is 36.5 Å². The fourth-order valence-corrected chi connectivity index (χ4v) is 3.91. The molecule has 4 atom stereocenters. The molecule has 2 N–H and O–H groups in total. The predicted octanol–water partition coefficient (Wildman–Crippen LogP) is 5.01. The maximum atomic E-state index is 12.7. The summed E-state index contributed by atoms with van der Waals surface area (Å²) in [6.07, 6.45) is 2.96. The van der Waals surface area contributed by atoms with Gasteiger partial charge in [0.2, 0.25) is 0 Å². The summed E-state index contributed by atoms with van der Waals surface area (Å²) < 4.78 is 21.6. The van der Waals surface area contributed by atoms with Gasteiger partial charge in [-0.15, -0.1) is 0 Å². The molecular weight excluding hydrogens is 502 g/mol. The largest absolute Gasteiger partial charge is 0.468 e. The lowest BCUT2D eigenvalue weighted by molar-refractivity contribution is -0.153. The summed E-state index contributed by atoms with van der Waals surface area (Å²) in [5, 5.41) is 0. The van der Waals surface area contributed by atoms with Crippen LogP contribution in [-0.2, 0) is 35.1 Å². The lowest BCUT2D eigenvalue weighted by Gasteiger charge is -2.27. The van der Waals surface area contributed by atoms with Crippen LogP contribution in [0.2, 0.25) is 0 Å². The Kier molecular flexibility index (Phi) is 14.2. The van der Waals surface area contributed by atoms with Gasteiger partial charge in [0.15, 0.2) is 11.5 Å². The smallest absolute Gasteiger partial charge is 0.326 e. The van der Waals surface area contributed by atoms with Crippen LogP contribution in [0.3, 0.4) is 0 Å². The number of methoxy groups -OCH3 is 1. The summed E-state index contributed by atoms with van der Waals surface area (Å²) in [4.78, 5) is 50.3. The van der Waals surface area contributed by atoms with E-state index in [2.05, 4.69) is 0 Å². The Morgan fingerprint density at radius 1 is 0.846 bits per heavy atom. The van der Waals surface area contributed by atoms with Gasteiger partial charge in [-0.1, -0.05) is 67.4 Å². The standard InChI is InChI=1S/C30H47NO8/c1-9-11-20(5)26(32)38-24-14-13-23(17-25(24)39-27(33)21(6)12-10-2)18-30(31,29(35)36-8)15-16-37-28(34)22(7)19(3)4/h13-14,17,19-22H,9-12,15-16,18,31H2,1-8H3/t20?,21?,22?,30-/m1/s1. The minimum Gasteiger partial charge on any atom is -0.468 e. The summed E-state index contributed by atoms with van der Waals surface area (Å²) in [7, 11) is 1.24. The number of ether oxygens (including phenoxy) is 4. The van der Waals surface area contributed by atoms with E-state index in [0.717, 1.165) is 12.8 Å². The summed E-state index contributed by atoms with van der Waals surface area (Å²) in [6.45, 7) is 13.1. The van der Waals surface area contributed by atoms with E-state index < -0.39 is 23.4 Å². The van der Waals surface area contributed by atoms with Crippen LogP contribution < -0.4 is 15.2 Å². The molecule has 0 aromatic heterocycles. The summed E-state index contributed by atoms with van der Waals surface area (Å²) >= 11 is 0. The maximum Gasteiger partial charge on any atom is 0.326 e. The zero-order chi connectivity index (χ0) is 29.8. The molecule has 3 unspecified atom stereocenters.